The SMILES string of the molecule is CCCOc1c(OC)cc(/C=N\n2c(Cc3ccccc3)nnc2SC)cc1[N+](=O)[O-]. The van der Waals surface area contributed by atoms with Crippen LogP contribution in [-0.2, 0) is 6.42 Å². The maximum atomic E-state index is 11.6. The zero-order chi connectivity index (χ0) is 22.2. The van der Waals surface area contributed by atoms with E-state index in [1.165, 1.54) is 31.2 Å². The van der Waals surface area contributed by atoms with E-state index >= 15 is 0 Å². The molecule has 0 saturated heterocycles. The van der Waals surface area contributed by atoms with Crippen LogP contribution in [0.15, 0.2) is 52.7 Å². The molecule has 0 radical (unpaired) electrons. The van der Waals surface area contributed by atoms with Gasteiger partial charge in [0.2, 0.25) is 10.9 Å². The molecular formula is C21H23N5O4S. The van der Waals surface area contributed by atoms with Crippen LogP contribution < -0.4 is 9.47 Å². The van der Waals surface area contributed by atoms with Gasteiger partial charge in [-0.2, -0.15) is 9.78 Å². The molecule has 0 saturated carbocycles. The Bertz CT molecular complexity index is 1070. The zero-order valence-electron chi connectivity index (χ0n) is 17.5. The maximum absolute atomic E-state index is 11.6. The zero-order valence-corrected chi connectivity index (χ0v) is 18.3. The topological polar surface area (TPSA) is 105 Å². The van der Waals surface area contributed by atoms with Crippen LogP contribution in [0.5, 0.6) is 11.5 Å². The molecule has 0 amide bonds. The average molecular weight is 442 g/mol. The number of rotatable bonds is 10. The third kappa shape index (κ3) is 5.40. The molecule has 2 aromatic carbocycles. The van der Waals surface area contributed by atoms with E-state index in [4.69, 9.17) is 9.47 Å². The van der Waals surface area contributed by atoms with E-state index < -0.39 is 4.92 Å². The molecule has 0 aliphatic carbocycles. The van der Waals surface area contributed by atoms with Gasteiger partial charge in [0.25, 0.3) is 0 Å². The lowest BCUT2D eigenvalue weighted by molar-refractivity contribution is -0.386. The summed E-state index contributed by atoms with van der Waals surface area (Å²) in [4.78, 5) is 11.1. The fraction of sp³-hybridized carbons (Fsp3) is 0.286. The first kappa shape index (κ1) is 22.3. The average Bonchev–Trinajstić information content (AvgIpc) is 3.17. The number of hydrogen-bond acceptors (Lipinski definition) is 8. The summed E-state index contributed by atoms with van der Waals surface area (Å²) >= 11 is 1.41. The number of aromatic nitrogens is 3. The molecule has 9 nitrogen and oxygen atoms in total. The highest BCUT2D eigenvalue weighted by atomic mass is 32.2. The lowest BCUT2D eigenvalue weighted by Crippen LogP contribution is -2.04. The maximum Gasteiger partial charge on any atom is 0.315 e. The predicted octanol–water partition coefficient (Wildman–Crippen LogP) is 4.18. The molecule has 162 valence electrons. The van der Waals surface area contributed by atoms with Crippen LogP contribution in [0.1, 0.15) is 30.3 Å². The highest BCUT2D eigenvalue weighted by Crippen LogP contribution is 2.38. The van der Waals surface area contributed by atoms with Crippen LogP contribution in [0, 0.1) is 10.1 Å². The van der Waals surface area contributed by atoms with Crippen molar-refractivity contribution >= 4 is 23.7 Å². The third-order valence-corrected chi connectivity index (χ3v) is 4.93. The number of nitro groups is 1. The van der Waals surface area contributed by atoms with Crippen molar-refractivity contribution in [2.24, 2.45) is 5.10 Å². The predicted molar refractivity (Wildman–Crippen MR) is 119 cm³/mol. The summed E-state index contributed by atoms with van der Waals surface area (Å²) in [6, 6.07) is 13.0. The molecule has 0 aliphatic rings. The van der Waals surface area contributed by atoms with Crippen molar-refractivity contribution in [3.8, 4) is 11.5 Å². The van der Waals surface area contributed by atoms with Gasteiger partial charge in [-0.1, -0.05) is 49.0 Å². The number of nitro benzene ring substituents is 1. The van der Waals surface area contributed by atoms with Gasteiger partial charge in [-0.05, 0) is 24.3 Å². The van der Waals surface area contributed by atoms with Crippen molar-refractivity contribution in [1.82, 2.24) is 14.9 Å². The molecule has 1 heterocycles. The molecule has 0 unspecified atom stereocenters. The lowest BCUT2D eigenvalue weighted by Gasteiger charge is -2.11. The highest BCUT2D eigenvalue weighted by molar-refractivity contribution is 7.98. The molecule has 1 aromatic heterocycles. The Morgan fingerprint density at radius 3 is 2.68 bits per heavy atom. The summed E-state index contributed by atoms with van der Waals surface area (Å²) in [5.41, 5.74) is 1.40. The summed E-state index contributed by atoms with van der Waals surface area (Å²) in [5.74, 6) is 1.06. The second-order valence-electron chi connectivity index (χ2n) is 6.50. The summed E-state index contributed by atoms with van der Waals surface area (Å²) in [5, 5.41) is 25.1. The normalized spacial score (nSPS) is 11.1. The van der Waals surface area contributed by atoms with Gasteiger partial charge >= 0.3 is 5.69 Å². The van der Waals surface area contributed by atoms with Crippen molar-refractivity contribution < 1.29 is 14.4 Å². The highest BCUT2D eigenvalue weighted by Gasteiger charge is 2.22. The van der Waals surface area contributed by atoms with E-state index in [9.17, 15) is 10.1 Å². The van der Waals surface area contributed by atoms with Crippen LogP contribution in [0.25, 0.3) is 0 Å². The van der Waals surface area contributed by atoms with Crippen molar-refractivity contribution in [3.63, 3.8) is 0 Å². The Hall–Kier alpha value is -3.40. The Balaban J connectivity index is 1.97. The van der Waals surface area contributed by atoms with E-state index in [1.54, 1.807) is 10.7 Å². The summed E-state index contributed by atoms with van der Waals surface area (Å²) < 4.78 is 12.5. The third-order valence-electron chi connectivity index (χ3n) is 4.31. The summed E-state index contributed by atoms with van der Waals surface area (Å²) in [7, 11) is 1.45. The first-order valence-corrected chi connectivity index (χ1v) is 10.9. The smallest absolute Gasteiger partial charge is 0.315 e. The number of methoxy groups -OCH3 is 1. The fourth-order valence-electron chi connectivity index (χ4n) is 2.87. The first-order valence-electron chi connectivity index (χ1n) is 9.63. The number of thioether (sulfide) groups is 1. The van der Waals surface area contributed by atoms with Crippen molar-refractivity contribution in [2.75, 3.05) is 20.0 Å². The number of nitrogens with zero attached hydrogens (tertiary/aromatic N) is 5. The van der Waals surface area contributed by atoms with Gasteiger partial charge < -0.3 is 9.47 Å². The Morgan fingerprint density at radius 1 is 1.26 bits per heavy atom. The van der Waals surface area contributed by atoms with E-state index in [2.05, 4.69) is 15.3 Å². The number of benzene rings is 2. The van der Waals surface area contributed by atoms with Crippen LogP contribution in [-0.4, -0.2) is 46.0 Å². The van der Waals surface area contributed by atoms with Crippen LogP contribution in [0.3, 0.4) is 0 Å². The van der Waals surface area contributed by atoms with Crippen LogP contribution in [0.2, 0.25) is 0 Å². The minimum absolute atomic E-state index is 0.116. The molecule has 0 fully saturated rings. The molecule has 31 heavy (non-hydrogen) atoms. The van der Waals surface area contributed by atoms with E-state index in [1.807, 2.05) is 43.5 Å². The largest absolute Gasteiger partial charge is 0.493 e. The Labute approximate surface area is 184 Å². The van der Waals surface area contributed by atoms with Crippen molar-refractivity contribution in [3.05, 3.63) is 69.5 Å². The monoisotopic (exact) mass is 441 g/mol. The molecular weight excluding hydrogens is 418 g/mol. The Morgan fingerprint density at radius 2 is 2.03 bits per heavy atom. The van der Waals surface area contributed by atoms with Gasteiger partial charge in [-0.3, -0.25) is 10.1 Å². The van der Waals surface area contributed by atoms with Crippen molar-refractivity contribution in [2.45, 2.75) is 24.9 Å². The molecule has 0 bridgehead atoms. The first-order chi connectivity index (χ1) is 15.1. The Kier molecular flexibility index (Phi) is 7.60. The van der Waals surface area contributed by atoms with Gasteiger partial charge in [0.05, 0.1) is 24.9 Å². The van der Waals surface area contributed by atoms with Gasteiger partial charge in [-0.15, -0.1) is 10.2 Å². The number of ether oxygens (including phenoxy) is 2. The van der Waals surface area contributed by atoms with Gasteiger partial charge in [0.1, 0.15) is 0 Å². The molecule has 0 spiro atoms. The van der Waals surface area contributed by atoms with Crippen molar-refractivity contribution in [1.29, 1.82) is 0 Å². The minimum Gasteiger partial charge on any atom is -0.493 e. The molecule has 0 N–H and O–H groups in total. The van der Waals surface area contributed by atoms with E-state index in [0.29, 0.717) is 29.6 Å². The summed E-state index contributed by atoms with van der Waals surface area (Å²) in [6.45, 7) is 2.28. The van der Waals surface area contributed by atoms with Gasteiger partial charge in [0, 0.05) is 18.1 Å². The second-order valence-corrected chi connectivity index (χ2v) is 7.27. The molecule has 0 atom stereocenters. The molecule has 3 rings (SSSR count). The van der Waals surface area contributed by atoms with E-state index in [0.717, 1.165) is 12.0 Å². The van der Waals surface area contributed by atoms with Crippen LogP contribution in [0.4, 0.5) is 5.69 Å². The number of hydrogen-bond donors (Lipinski definition) is 0. The standard InChI is InChI=1S/C21H23N5O4S/c1-4-10-30-20-17(26(27)28)11-16(12-18(20)29-2)14-22-25-19(23-24-21(25)31-3)13-15-8-6-5-7-9-15/h5-9,11-12,14H,4,10,13H2,1-3H3/b22-14-. The van der Waals surface area contributed by atoms with Crippen LogP contribution >= 0.6 is 11.8 Å². The van der Waals surface area contributed by atoms with Gasteiger partial charge in [-0.25, -0.2) is 0 Å². The molecule has 0 aliphatic heterocycles. The minimum atomic E-state index is -0.488. The lowest BCUT2D eigenvalue weighted by atomic mass is 10.1. The van der Waals surface area contributed by atoms with E-state index in [-0.39, 0.29) is 17.2 Å². The summed E-state index contributed by atoms with van der Waals surface area (Å²) in [6.07, 6.45) is 4.69. The molecule has 3 aromatic rings. The fourth-order valence-corrected chi connectivity index (χ4v) is 3.32. The molecule has 10 heteroatoms. The van der Waals surface area contributed by atoms with Gasteiger partial charge in [0.15, 0.2) is 11.6 Å². The quantitative estimate of drug-likeness (QED) is 0.201. The second kappa shape index (κ2) is 10.6.